The quantitative estimate of drug-likeness (QED) is 0.457. The monoisotopic (exact) mass is 518 g/mol. The number of carbonyl (C=O) groups excluding carboxylic acids is 1. The number of pyridine rings is 2. The van der Waals surface area contributed by atoms with Crippen molar-refractivity contribution in [2.75, 3.05) is 19.6 Å². The molecule has 3 aromatic heterocycles. The first-order chi connectivity index (χ1) is 17.9. The van der Waals surface area contributed by atoms with Crippen molar-refractivity contribution in [2.45, 2.75) is 72.4 Å². The van der Waals surface area contributed by atoms with Crippen LogP contribution >= 0.6 is 11.3 Å². The average Bonchev–Trinajstić information content (AvgIpc) is 3.21. The Labute approximate surface area is 223 Å². The van der Waals surface area contributed by atoms with Gasteiger partial charge in [0.15, 0.2) is 0 Å². The zero-order valence-electron chi connectivity index (χ0n) is 22.5. The van der Waals surface area contributed by atoms with Gasteiger partial charge in [0.05, 0.1) is 17.8 Å². The lowest BCUT2D eigenvalue weighted by atomic mass is 9.80. The lowest BCUT2D eigenvalue weighted by Crippen LogP contribution is -2.38. The SMILES string of the molecule is CCC(c1sc2c(c1C)C(=O)N(Cc1c(C)cc(C)[nH]c1=O)CC2)C1CCN(Cc2ccccn2)CC1. The Bertz CT molecular complexity index is 1320. The molecular weight excluding hydrogens is 480 g/mol. The summed E-state index contributed by atoms with van der Waals surface area (Å²) in [7, 11) is 0. The molecule has 6 nitrogen and oxygen atoms in total. The Hall–Kier alpha value is -2.77. The van der Waals surface area contributed by atoms with Crippen LogP contribution in [0.5, 0.6) is 0 Å². The number of hydrogen-bond acceptors (Lipinski definition) is 5. The molecule has 1 unspecified atom stereocenters. The molecule has 0 saturated carbocycles. The number of H-pyrrole nitrogens is 1. The number of aryl methyl sites for hydroxylation is 2. The highest BCUT2D eigenvalue weighted by molar-refractivity contribution is 7.12. The first kappa shape index (κ1) is 25.9. The molecular formula is C30H38N4O2S. The maximum Gasteiger partial charge on any atom is 0.255 e. The number of hydrogen-bond donors (Lipinski definition) is 1. The van der Waals surface area contributed by atoms with Gasteiger partial charge in [-0.3, -0.25) is 19.5 Å². The number of likely N-dealkylation sites (tertiary alicyclic amines) is 1. The van der Waals surface area contributed by atoms with E-state index in [1.165, 1.54) is 28.2 Å². The Morgan fingerprint density at radius 2 is 1.89 bits per heavy atom. The van der Waals surface area contributed by atoms with Crippen molar-refractivity contribution in [1.29, 1.82) is 0 Å². The Kier molecular flexibility index (Phi) is 7.63. The van der Waals surface area contributed by atoms with E-state index in [1.54, 1.807) is 0 Å². The number of amides is 1. The van der Waals surface area contributed by atoms with Gasteiger partial charge in [-0.05, 0) is 94.3 Å². The molecule has 0 aliphatic carbocycles. The summed E-state index contributed by atoms with van der Waals surface area (Å²) in [6.45, 7) is 12.4. The minimum atomic E-state index is -0.0840. The van der Waals surface area contributed by atoms with Gasteiger partial charge in [-0.25, -0.2) is 0 Å². The largest absolute Gasteiger partial charge is 0.334 e. The fraction of sp³-hybridized carbons (Fsp3) is 0.500. The molecule has 0 radical (unpaired) electrons. The van der Waals surface area contributed by atoms with Gasteiger partial charge in [-0.15, -0.1) is 11.3 Å². The number of rotatable bonds is 7. The van der Waals surface area contributed by atoms with Crippen molar-refractivity contribution in [3.8, 4) is 0 Å². The third-order valence-corrected chi connectivity index (χ3v) is 9.78. The van der Waals surface area contributed by atoms with E-state index in [1.807, 2.05) is 48.4 Å². The zero-order chi connectivity index (χ0) is 26.1. The summed E-state index contributed by atoms with van der Waals surface area (Å²) >= 11 is 1.87. The lowest BCUT2D eigenvalue weighted by molar-refractivity contribution is 0.0727. The third-order valence-electron chi connectivity index (χ3n) is 8.30. The number of carbonyl (C=O) groups is 1. The summed E-state index contributed by atoms with van der Waals surface area (Å²) < 4.78 is 0. The lowest BCUT2D eigenvalue weighted by Gasteiger charge is -2.35. The number of aromatic nitrogens is 2. The normalized spacial score (nSPS) is 17.7. The highest BCUT2D eigenvalue weighted by Gasteiger charge is 2.35. The predicted molar refractivity (Wildman–Crippen MR) is 149 cm³/mol. The minimum absolute atomic E-state index is 0.0839. The van der Waals surface area contributed by atoms with Gasteiger partial charge in [0.25, 0.3) is 11.5 Å². The number of aromatic amines is 1. The van der Waals surface area contributed by atoms with Crippen LogP contribution in [-0.4, -0.2) is 45.3 Å². The van der Waals surface area contributed by atoms with Gasteiger partial charge in [0.1, 0.15) is 0 Å². The molecule has 0 aromatic carbocycles. The zero-order valence-corrected chi connectivity index (χ0v) is 23.3. The maximum absolute atomic E-state index is 13.7. The smallest absolute Gasteiger partial charge is 0.255 e. The van der Waals surface area contributed by atoms with Crippen LogP contribution in [0.25, 0.3) is 0 Å². The van der Waals surface area contributed by atoms with Crippen LogP contribution in [0, 0.1) is 26.7 Å². The number of nitrogens with one attached hydrogen (secondary N) is 1. The van der Waals surface area contributed by atoms with Gasteiger partial charge >= 0.3 is 0 Å². The van der Waals surface area contributed by atoms with Crippen LogP contribution in [0.1, 0.15) is 80.3 Å². The topological polar surface area (TPSA) is 69.3 Å². The molecule has 7 heteroatoms. The van der Waals surface area contributed by atoms with Crippen LogP contribution in [0.4, 0.5) is 0 Å². The van der Waals surface area contributed by atoms with Gasteiger partial charge < -0.3 is 9.88 Å². The summed E-state index contributed by atoms with van der Waals surface area (Å²) in [6.07, 6.45) is 6.21. The molecule has 1 amide bonds. The molecule has 2 aliphatic rings. The molecule has 3 aromatic rings. The molecule has 1 saturated heterocycles. The van der Waals surface area contributed by atoms with Crippen LogP contribution in [-0.2, 0) is 19.5 Å². The van der Waals surface area contributed by atoms with Gasteiger partial charge in [0.2, 0.25) is 0 Å². The molecule has 0 bridgehead atoms. The molecule has 5 rings (SSSR count). The summed E-state index contributed by atoms with van der Waals surface area (Å²) in [5.74, 6) is 1.22. The second-order valence-electron chi connectivity index (χ2n) is 10.8. The Balaban J connectivity index is 1.30. The van der Waals surface area contributed by atoms with E-state index < -0.39 is 0 Å². The summed E-state index contributed by atoms with van der Waals surface area (Å²) in [4.78, 5) is 40.7. The first-order valence-corrected chi connectivity index (χ1v) is 14.4. The van der Waals surface area contributed by atoms with E-state index in [4.69, 9.17) is 0 Å². The van der Waals surface area contributed by atoms with Crippen molar-refractivity contribution < 1.29 is 4.79 Å². The minimum Gasteiger partial charge on any atom is -0.334 e. The summed E-state index contributed by atoms with van der Waals surface area (Å²) in [5.41, 5.74) is 5.62. The average molecular weight is 519 g/mol. The van der Waals surface area contributed by atoms with E-state index in [-0.39, 0.29) is 11.5 Å². The molecule has 2 aliphatic heterocycles. The van der Waals surface area contributed by atoms with Crippen molar-refractivity contribution in [2.24, 2.45) is 5.92 Å². The molecule has 0 spiro atoms. The van der Waals surface area contributed by atoms with Crippen LogP contribution in [0.15, 0.2) is 35.3 Å². The second kappa shape index (κ2) is 10.9. The van der Waals surface area contributed by atoms with Crippen molar-refractivity contribution in [1.82, 2.24) is 19.8 Å². The Morgan fingerprint density at radius 3 is 2.57 bits per heavy atom. The van der Waals surface area contributed by atoms with Crippen molar-refractivity contribution in [3.05, 3.63) is 84.2 Å². The first-order valence-electron chi connectivity index (χ1n) is 13.6. The molecule has 5 heterocycles. The van der Waals surface area contributed by atoms with Crippen molar-refractivity contribution in [3.63, 3.8) is 0 Å². The van der Waals surface area contributed by atoms with Gasteiger partial charge in [0, 0.05) is 46.7 Å². The van der Waals surface area contributed by atoms with Gasteiger partial charge in [-0.2, -0.15) is 0 Å². The van der Waals surface area contributed by atoms with Gasteiger partial charge in [-0.1, -0.05) is 13.0 Å². The maximum atomic E-state index is 13.7. The number of fused-ring (bicyclic) bond motifs is 1. The highest BCUT2D eigenvalue weighted by Crippen LogP contribution is 2.44. The predicted octanol–water partition coefficient (Wildman–Crippen LogP) is 5.36. The van der Waals surface area contributed by atoms with Crippen LogP contribution in [0.3, 0.4) is 0 Å². The molecule has 37 heavy (non-hydrogen) atoms. The number of nitrogens with zero attached hydrogens (tertiary/aromatic N) is 3. The van der Waals surface area contributed by atoms with E-state index in [9.17, 15) is 9.59 Å². The molecule has 1 N–H and O–H groups in total. The fourth-order valence-electron chi connectivity index (χ4n) is 6.29. The van der Waals surface area contributed by atoms with E-state index in [2.05, 4.69) is 40.8 Å². The van der Waals surface area contributed by atoms with E-state index in [0.29, 0.717) is 30.5 Å². The molecule has 196 valence electrons. The van der Waals surface area contributed by atoms with E-state index in [0.717, 1.165) is 55.0 Å². The summed E-state index contributed by atoms with van der Waals surface area (Å²) in [6, 6.07) is 8.12. The molecule has 1 fully saturated rings. The van der Waals surface area contributed by atoms with Crippen molar-refractivity contribution >= 4 is 17.2 Å². The summed E-state index contributed by atoms with van der Waals surface area (Å²) in [5, 5.41) is 0. The highest BCUT2D eigenvalue weighted by atomic mass is 32.1. The van der Waals surface area contributed by atoms with E-state index >= 15 is 0 Å². The molecule has 1 atom stereocenters. The Morgan fingerprint density at radius 1 is 1.11 bits per heavy atom. The number of piperidine rings is 1. The number of thiophene rings is 1. The third kappa shape index (κ3) is 5.30. The van der Waals surface area contributed by atoms with Crippen LogP contribution < -0.4 is 5.56 Å². The van der Waals surface area contributed by atoms with Crippen LogP contribution in [0.2, 0.25) is 0 Å². The second-order valence-corrected chi connectivity index (χ2v) is 11.9. The standard InChI is InChI=1S/C30H38N4O2S/c1-5-24(22-9-13-33(14-10-22)17-23-8-6-7-12-31-23)28-21(4)27-26(37-28)11-15-34(30(27)36)18-25-19(2)16-20(3)32-29(25)35/h6-8,12,16,22,24H,5,9-11,13-15,17-18H2,1-4H3,(H,32,35). The fourth-order valence-corrected chi connectivity index (χ4v) is 7.85.